The topological polar surface area (TPSA) is 89.3 Å². The van der Waals surface area contributed by atoms with Crippen LogP contribution >= 0.6 is 0 Å². The Balaban J connectivity index is 2.55. The monoisotopic (exact) mass is 234 g/mol. The van der Waals surface area contributed by atoms with Crippen molar-refractivity contribution < 1.29 is 13.2 Å². The minimum atomic E-state index is -3.45. The molecule has 88 valence electrons. The van der Waals surface area contributed by atoms with Gasteiger partial charge in [-0.3, -0.25) is 9.52 Å². The van der Waals surface area contributed by atoms with Gasteiger partial charge in [0.2, 0.25) is 10.0 Å². The number of rotatable bonds is 5. The summed E-state index contributed by atoms with van der Waals surface area (Å²) in [6.45, 7) is 3.74. The minimum Gasteiger partial charge on any atom is -0.320 e. The molecule has 0 radical (unpaired) electrons. The molecule has 1 fully saturated rings. The Labute approximate surface area is 90.5 Å². The Bertz CT molecular complexity index is 335. The first-order valence-corrected chi connectivity index (χ1v) is 6.74. The molecular formula is C9H18N2O3S. The van der Waals surface area contributed by atoms with Crippen LogP contribution in [0.2, 0.25) is 0 Å². The second kappa shape index (κ2) is 4.49. The molecular weight excluding hydrogens is 216 g/mol. The summed E-state index contributed by atoms with van der Waals surface area (Å²) in [6, 6.07) is -0.747. The Hall–Kier alpha value is -0.620. The predicted octanol–water partition coefficient (Wildman–Crippen LogP) is -0.0318. The van der Waals surface area contributed by atoms with Crippen LogP contribution < -0.4 is 10.5 Å². The standard InChI is InChI=1S/C9H18N2O3S/c1-3-6(2)8(10)9(12)11-15(13,14)7-4-5-7/h6-8H,3-5,10H2,1-2H3,(H,11,12)/t6-,8-/m0/s1. The van der Waals surface area contributed by atoms with E-state index in [0.717, 1.165) is 6.42 Å². The number of amides is 1. The largest absolute Gasteiger partial charge is 0.320 e. The fourth-order valence-corrected chi connectivity index (χ4v) is 2.52. The highest BCUT2D eigenvalue weighted by molar-refractivity contribution is 7.90. The fourth-order valence-electron chi connectivity index (χ4n) is 1.18. The zero-order valence-corrected chi connectivity index (χ0v) is 9.88. The third kappa shape index (κ3) is 3.17. The number of carbonyl (C=O) groups is 1. The minimum absolute atomic E-state index is 0.0144. The van der Waals surface area contributed by atoms with Crippen molar-refractivity contribution in [1.29, 1.82) is 0 Å². The molecule has 0 saturated heterocycles. The van der Waals surface area contributed by atoms with E-state index >= 15 is 0 Å². The second-order valence-corrected chi connectivity index (χ2v) is 6.08. The molecule has 3 N–H and O–H groups in total. The number of nitrogens with one attached hydrogen (secondary N) is 1. The Morgan fingerprint density at radius 3 is 2.47 bits per heavy atom. The fraction of sp³-hybridized carbons (Fsp3) is 0.889. The lowest BCUT2D eigenvalue weighted by Gasteiger charge is -2.17. The number of hydrogen-bond donors (Lipinski definition) is 2. The van der Waals surface area contributed by atoms with Crippen LogP contribution in [0, 0.1) is 5.92 Å². The zero-order chi connectivity index (χ0) is 11.6. The molecule has 0 unspecified atom stereocenters. The van der Waals surface area contributed by atoms with Gasteiger partial charge < -0.3 is 5.73 Å². The summed E-state index contributed by atoms with van der Waals surface area (Å²) in [5.74, 6) is -0.601. The highest BCUT2D eigenvalue weighted by Crippen LogP contribution is 2.27. The average molecular weight is 234 g/mol. The highest BCUT2D eigenvalue weighted by Gasteiger charge is 2.37. The molecule has 0 aromatic carbocycles. The molecule has 1 aliphatic carbocycles. The summed E-state index contributed by atoms with van der Waals surface area (Å²) in [5.41, 5.74) is 5.62. The Morgan fingerprint density at radius 2 is 2.07 bits per heavy atom. The van der Waals surface area contributed by atoms with Gasteiger partial charge in [-0.05, 0) is 18.8 Å². The van der Waals surface area contributed by atoms with Crippen LogP contribution in [0.15, 0.2) is 0 Å². The zero-order valence-electron chi connectivity index (χ0n) is 9.06. The van der Waals surface area contributed by atoms with Crippen LogP contribution in [0.5, 0.6) is 0 Å². The molecule has 0 spiro atoms. The van der Waals surface area contributed by atoms with Crippen molar-refractivity contribution in [3.05, 3.63) is 0 Å². The van der Waals surface area contributed by atoms with E-state index in [-0.39, 0.29) is 11.2 Å². The quantitative estimate of drug-likeness (QED) is 0.699. The van der Waals surface area contributed by atoms with Gasteiger partial charge in [0.1, 0.15) is 0 Å². The van der Waals surface area contributed by atoms with Crippen molar-refractivity contribution >= 4 is 15.9 Å². The molecule has 0 aromatic rings. The van der Waals surface area contributed by atoms with E-state index in [9.17, 15) is 13.2 Å². The average Bonchev–Trinajstić information content (AvgIpc) is 2.97. The SMILES string of the molecule is CC[C@H](C)[C@H](N)C(=O)NS(=O)(=O)C1CC1. The summed E-state index contributed by atoms with van der Waals surface area (Å²) >= 11 is 0. The maximum absolute atomic E-state index is 11.5. The number of sulfonamides is 1. The van der Waals surface area contributed by atoms with Gasteiger partial charge >= 0.3 is 0 Å². The number of nitrogens with two attached hydrogens (primary N) is 1. The smallest absolute Gasteiger partial charge is 0.250 e. The van der Waals surface area contributed by atoms with Crippen LogP contribution in [0.4, 0.5) is 0 Å². The van der Waals surface area contributed by atoms with E-state index in [1.165, 1.54) is 0 Å². The first-order valence-electron chi connectivity index (χ1n) is 5.19. The van der Waals surface area contributed by atoms with Crippen LogP contribution in [0.1, 0.15) is 33.1 Å². The summed E-state index contributed by atoms with van der Waals surface area (Å²) in [5, 5.41) is -0.384. The molecule has 1 amide bonds. The molecule has 1 aliphatic rings. The molecule has 5 nitrogen and oxygen atoms in total. The van der Waals surface area contributed by atoms with Crippen molar-refractivity contribution in [3.8, 4) is 0 Å². The molecule has 1 saturated carbocycles. The normalized spacial score (nSPS) is 20.7. The lowest BCUT2D eigenvalue weighted by Crippen LogP contribution is -2.47. The molecule has 0 aliphatic heterocycles. The molecule has 6 heteroatoms. The van der Waals surface area contributed by atoms with Crippen molar-refractivity contribution in [3.63, 3.8) is 0 Å². The van der Waals surface area contributed by atoms with Crippen LogP contribution in [0.25, 0.3) is 0 Å². The third-order valence-electron chi connectivity index (χ3n) is 2.77. The highest BCUT2D eigenvalue weighted by atomic mass is 32.2. The number of hydrogen-bond acceptors (Lipinski definition) is 4. The van der Waals surface area contributed by atoms with Crippen molar-refractivity contribution in [2.75, 3.05) is 0 Å². The maximum Gasteiger partial charge on any atom is 0.250 e. The predicted molar refractivity (Wildman–Crippen MR) is 57.5 cm³/mol. The van der Waals surface area contributed by atoms with Gasteiger partial charge in [0.25, 0.3) is 5.91 Å². The first kappa shape index (κ1) is 12.4. The van der Waals surface area contributed by atoms with Crippen LogP contribution in [-0.2, 0) is 14.8 Å². The molecule has 0 aromatic heterocycles. The molecule has 1 rings (SSSR count). The number of carbonyl (C=O) groups excluding carboxylic acids is 1. The van der Waals surface area contributed by atoms with Gasteiger partial charge in [-0.2, -0.15) is 0 Å². The van der Waals surface area contributed by atoms with Gasteiger partial charge in [-0.15, -0.1) is 0 Å². The van der Waals surface area contributed by atoms with Crippen molar-refractivity contribution in [2.45, 2.75) is 44.4 Å². The summed E-state index contributed by atoms with van der Waals surface area (Å²) < 4.78 is 24.9. The van der Waals surface area contributed by atoms with Crippen LogP contribution in [0.3, 0.4) is 0 Å². The summed E-state index contributed by atoms with van der Waals surface area (Å²) in [6.07, 6.45) is 2.03. The van der Waals surface area contributed by atoms with E-state index in [1.807, 2.05) is 18.6 Å². The van der Waals surface area contributed by atoms with Gasteiger partial charge in [0, 0.05) is 0 Å². The molecule has 15 heavy (non-hydrogen) atoms. The lowest BCUT2D eigenvalue weighted by molar-refractivity contribution is -0.121. The van der Waals surface area contributed by atoms with E-state index in [1.54, 1.807) is 0 Å². The van der Waals surface area contributed by atoms with Crippen LogP contribution in [-0.4, -0.2) is 25.6 Å². The van der Waals surface area contributed by atoms with Gasteiger partial charge in [0.05, 0.1) is 11.3 Å². The molecule has 0 bridgehead atoms. The maximum atomic E-state index is 11.5. The van der Waals surface area contributed by atoms with E-state index in [2.05, 4.69) is 0 Å². The van der Waals surface area contributed by atoms with Crippen molar-refractivity contribution in [1.82, 2.24) is 4.72 Å². The lowest BCUT2D eigenvalue weighted by atomic mass is 10.00. The van der Waals surface area contributed by atoms with E-state index in [4.69, 9.17) is 5.73 Å². The van der Waals surface area contributed by atoms with E-state index < -0.39 is 22.0 Å². The second-order valence-electron chi connectivity index (χ2n) is 4.12. The van der Waals surface area contributed by atoms with Gasteiger partial charge in [-0.25, -0.2) is 8.42 Å². The summed E-state index contributed by atoms with van der Waals surface area (Å²) in [7, 11) is -3.45. The summed E-state index contributed by atoms with van der Waals surface area (Å²) in [4.78, 5) is 11.5. The molecule has 0 heterocycles. The third-order valence-corrected chi connectivity index (χ3v) is 4.60. The van der Waals surface area contributed by atoms with Gasteiger partial charge in [0.15, 0.2) is 0 Å². The molecule has 2 atom stereocenters. The van der Waals surface area contributed by atoms with Gasteiger partial charge in [-0.1, -0.05) is 20.3 Å². The Morgan fingerprint density at radius 1 is 1.53 bits per heavy atom. The first-order chi connectivity index (χ1) is 6.88. The van der Waals surface area contributed by atoms with E-state index in [0.29, 0.717) is 12.8 Å². The van der Waals surface area contributed by atoms with Crippen molar-refractivity contribution in [2.24, 2.45) is 11.7 Å². The Kier molecular flexibility index (Phi) is 3.72.